The fourth-order valence-electron chi connectivity index (χ4n) is 2.58. The molecular weight excluding hydrogens is 326 g/mol. The van der Waals surface area contributed by atoms with Crippen LogP contribution in [0.2, 0.25) is 0 Å². The fraction of sp³-hybridized carbons (Fsp3) is 0.471. The molecule has 23 heavy (non-hydrogen) atoms. The third-order valence-corrected chi connectivity index (χ3v) is 6.22. The van der Waals surface area contributed by atoms with Gasteiger partial charge >= 0.3 is 0 Å². The highest BCUT2D eigenvalue weighted by Gasteiger charge is 2.24. The van der Waals surface area contributed by atoms with Crippen molar-refractivity contribution in [2.45, 2.75) is 55.0 Å². The Labute approximate surface area is 145 Å². The van der Waals surface area contributed by atoms with E-state index >= 15 is 0 Å². The zero-order valence-electron chi connectivity index (χ0n) is 13.4. The zero-order valence-corrected chi connectivity index (χ0v) is 15.0. The van der Waals surface area contributed by atoms with E-state index in [-0.39, 0.29) is 5.25 Å². The molecule has 1 fully saturated rings. The van der Waals surface area contributed by atoms with Gasteiger partial charge in [-0.1, -0.05) is 55.5 Å². The van der Waals surface area contributed by atoms with Gasteiger partial charge in [0.1, 0.15) is 5.78 Å². The first-order valence-electron chi connectivity index (χ1n) is 8.01. The summed E-state index contributed by atoms with van der Waals surface area (Å²) in [5.74, 6) is 0.886. The third-order valence-electron chi connectivity index (χ3n) is 3.98. The number of carbonyl (C=O) groups is 1. The van der Waals surface area contributed by atoms with Gasteiger partial charge in [-0.15, -0.1) is 10.2 Å². The van der Waals surface area contributed by atoms with E-state index in [4.69, 9.17) is 0 Å². The standard InChI is InChI=1S/C17H21N3OS2/c1-11(2)12-7-9-13(10-8-12)18-16-19-20-17(23-16)22-15-6-4-3-5-14(15)21/h7-11,15H,3-6H2,1-2H3,(H,18,19)/t15-/m1/s1. The first-order chi connectivity index (χ1) is 11.1. The van der Waals surface area contributed by atoms with E-state index in [0.29, 0.717) is 18.1 Å². The molecule has 4 nitrogen and oxygen atoms in total. The van der Waals surface area contributed by atoms with Gasteiger partial charge in [0.05, 0.1) is 5.25 Å². The van der Waals surface area contributed by atoms with Crippen LogP contribution in [0.4, 0.5) is 10.8 Å². The third kappa shape index (κ3) is 4.32. The van der Waals surface area contributed by atoms with E-state index in [2.05, 4.69) is 53.6 Å². The Morgan fingerprint density at radius 3 is 2.70 bits per heavy atom. The minimum absolute atomic E-state index is 0.0647. The fourth-order valence-corrected chi connectivity index (χ4v) is 4.72. The summed E-state index contributed by atoms with van der Waals surface area (Å²) in [4.78, 5) is 11.9. The molecule has 0 saturated heterocycles. The summed E-state index contributed by atoms with van der Waals surface area (Å²) < 4.78 is 0.867. The van der Waals surface area contributed by atoms with Crippen molar-refractivity contribution in [1.82, 2.24) is 10.2 Å². The number of Topliss-reactive ketones (excluding diaryl/α,β-unsaturated/α-hetero) is 1. The van der Waals surface area contributed by atoms with Crippen LogP contribution in [0.5, 0.6) is 0 Å². The summed E-state index contributed by atoms with van der Waals surface area (Å²) in [6, 6.07) is 8.39. The summed E-state index contributed by atoms with van der Waals surface area (Å²) in [5.41, 5.74) is 2.33. The Morgan fingerprint density at radius 1 is 1.22 bits per heavy atom. The lowest BCUT2D eigenvalue weighted by atomic mass is 9.99. The van der Waals surface area contributed by atoms with E-state index in [0.717, 1.165) is 34.4 Å². The summed E-state index contributed by atoms with van der Waals surface area (Å²) >= 11 is 3.08. The van der Waals surface area contributed by atoms with Crippen molar-refractivity contribution in [1.29, 1.82) is 0 Å². The molecule has 0 amide bonds. The van der Waals surface area contributed by atoms with Crippen molar-refractivity contribution in [2.24, 2.45) is 0 Å². The highest BCUT2D eigenvalue weighted by molar-refractivity contribution is 8.02. The predicted octanol–water partition coefficient (Wildman–Crippen LogP) is 5.01. The minimum atomic E-state index is 0.0647. The summed E-state index contributed by atoms with van der Waals surface area (Å²) in [5, 5.41) is 12.5. The topological polar surface area (TPSA) is 54.9 Å². The molecule has 1 aliphatic carbocycles. The molecule has 0 spiro atoms. The Bertz CT molecular complexity index is 667. The molecule has 1 atom stereocenters. The average molecular weight is 348 g/mol. The number of nitrogens with zero attached hydrogens (tertiary/aromatic N) is 2. The van der Waals surface area contributed by atoms with Gasteiger partial charge in [-0.2, -0.15) is 0 Å². The number of anilines is 2. The minimum Gasteiger partial charge on any atom is -0.330 e. The first-order valence-corrected chi connectivity index (χ1v) is 9.71. The monoisotopic (exact) mass is 347 g/mol. The summed E-state index contributed by atoms with van der Waals surface area (Å²) in [6.07, 6.45) is 3.84. The molecule has 0 unspecified atom stereocenters. The SMILES string of the molecule is CC(C)c1ccc(Nc2nnc(S[C@@H]3CCCCC3=O)s2)cc1. The highest BCUT2D eigenvalue weighted by atomic mass is 32.2. The van der Waals surface area contributed by atoms with Crippen LogP contribution in [-0.2, 0) is 4.79 Å². The molecule has 122 valence electrons. The number of hydrogen-bond donors (Lipinski definition) is 1. The van der Waals surface area contributed by atoms with E-state index < -0.39 is 0 Å². The van der Waals surface area contributed by atoms with Gasteiger partial charge in [-0.25, -0.2) is 0 Å². The normalized spacial score (nSPS) is 18.4. The molecule has 0 aliphatic heterocycles. The zero-order chi connectivity index (χ0) is 16.2. The highest BCUT2D eigenvalue weighted by Crippen LogP contribution is 2.35. The maximum absolute atomic E-state index is 11.9. The number of carbonyl (C=O) groups excluding carboxylic acids is 1. The lowest BCUT2D eigenvalue weighted by Gasteiger charge is -2.17. The molecule has 6 heteroatoms. The summed E-state index contributed by atoms with van der Waals surface area (Å²) in [6.45, 7) is 4.37. The molecule has 1 heterocycles. The molecule has 0 radical (unpaired) electrons. The van der Waals surface area contributed by atoms with Gasteiger partial charge in [0, 0.05) is 12.1 Å². The van der Waals surface area contributed by atoms with Crippen LogP contribution in [-0.4, -0.2) is 21.2 Å². The quantitative estimate of drug-likeness (QED) is 0.824. The number of benzene rings is 1. The van der Waals surface area contributed by atoms with Crippen LogP contribution in [0.1, 0.15) is 51.0 Å². The maximum Gasteiger partial charge on any atom is 0.210 e. The first kappa shape index (κ1) is 16.5. The van der Waals surface area contributed by atoms with E-state index in [1.807, 2.05) is 0 Å². The number of thioether (sulfide) groups is 1. The Balaban J connectivity index is 1.61. The van der Waals surface area contributed by atoms with Crippen LogP contribution in [0.25, 0.3) is 0 Å². The average Bonchev–Trinajstić information content (AvgIpc) is 2.97. The molecule has 1 aliphatic rings. The largest absolute Gasteiger partial charge is 0.330 e. The lowest BCUT2D eigenvalue weighted by molar-refractivity contribution is -0.119. The van der Waals surface area contributed by atoms with Crippen molar-refractivity contribution in [3.05, 3.63) is 29.8 Å². The maximum atomic E-state index is 11.9. The molecule has 1 aromatic heterocycles. The van der Waals surface area contributed by atoms with Crippen molar-refractivity contribution in [2.75, 3.05) is 5.32 Å². The molecule has 1 saturated carbocycles. The Hall–Kier alpha value is -1.40. The van der Waals surface area contributed by atoms with Crippen LogP contribution >= 0.6 is 23.1 Å². The van der Waals surface area contributed by atoms with Gasteiger partial charge in [-0.05, 0) is 36.5 Å². The van der Waals surface area contributed by atoms with Gasteiger partial charge in [0.25, 0.3) is 0 Å². The lowest BCUT2D eigenvalue weighted by Crippen LogP contribution is -2.21. The molecule has 2 aromatic rings. The van der Waals surface area contributed by atoms with Gasteiger partial charge < -0.3 is 5.32 Å². The molecule has 1 N–H and O–H groups in total. The van der Waals surface area contributed by atoms with Crippen molar-refractivity contribution >= 4 is 39.7 Å². The smallest absolute Gasteiger partial charge is 0.210 e. The number of hydrogen-bond acceptors (Lipinski definition) is 6. The number of aromatic nitrogens is 2. The van der Waals surface area contributed by atoms with E-state index in [9.17, 15) is 4.79 Å². The van der Waals surface area contributed by atoms with Crippen molar-refractivity contribution in [3.63, 3.8) is 0 Å². The molecule has 3 rings (SSSR count). The number of ketones is 1. The second kappa shape index (κ2) is 7.45. The molecular formula is C17H21N3OS2. The van der Waals surface area contributed by atoms with E-state index in [1.165, 1.54) is 16.9 Å². The summed E-state index contributed by atoms with van der Waals surface area (Å²) in [7, 11) is 0. The second-order valence-electron chi connectivity index (χ2n) is 6.09. The van der Waals surface area contributed by atoms with Crippen molar-refractivity contribution < 1.29 is 4.79 Å². The number of nitrogens with one attached hydrogen (secondary N) is 1. The van der Waals surface area contributed by atoms with Crippen LogP contribution in [0, 0.1) is 0 Å². The van der Waals surface area contributed by atoms with Gasteiger partial charge in [-0.3, -0.25) is 4.79 Å². The number of rotatable bonds is 5. The van der Waals surface area contributed by atoms with Crippen LogP contribution < -0.4 is 5.32 Å². The van der Waals surface area contributed by atoms with Gasteiger partial charge in [0.2, 0.25) is 5.13 Å². The van der Waals surface area contributed by atoms with Crippen molar-refractivity contribution in [3.8, 4) is 0 Å². The van der Waals surface area contributed by atoms with E-state index in [1.54, 1.807) is 11.8 Å². The second-order valence-corrected chi connectivity index (χ2v) is 8.52. The Kier molecular flexibility index (Phi) is 5.33. The van der Waals surface area contributed by atoms with Crippen LogP contribution in [0.15, 0.2) is 28.6 Å². The predicted molar refractivity (Wildman–Crippen MR) is 96.8 cm³/mol. The molecule has 1 aromatic carbocycles. The van der Waals surface area contributed by atoms with Gasteiger partial charge in [0.15, 0.2) is 4.34 Å². The van der Waals surface area contributed by atoms with Crippen LogP contribution in [0.3, 0.4) is 0 Å². The Morgan fingerprint density at radius 2 is 2.00 bits per heavy atom. The molecule has 0 bridgehead atoms.